The lowest BCUT2D eigenvalue weighted by Gasteiger charge is -2.14. The Morgan fingerprint density at radius 2 is 1.90 bits per heavy atom. The second-order valence-corrected chi connectivity index (χ2v) is 11.6. The van der Waals surface area contributed by atoms with Crippen LogP contribution in [0.4, 0.5) is 0 Å². The Labute approximate surface area is 178 Å². The van der Waals surface area contributed by atoms with Gasteiger partial charge < -0.3 is 4.74 Å². The number of aromatic amines is 1. The fraction of sp³-hybridized carbons (Fsp3) is 0.444. The maximum Gasteiger partial charge on any atom is 0.277 e. The molecule has 1 aliphatic rings. The van der Waals surface area contributed by atoms with E-state index in [1.165, 1.54) is 18.8 Å². The topological polar surface area (TPSA) is 132 Å². The molecule has 1 fully saturated rings. The van der Waals surface area contributed by atoms with E-state index in [1.807, 2.05) is 0 Å². The summed E-state index contributed by atoms with van der Waals surface area (Å²) in [4.78, 5) is 24.6. The minimum absolute atomic E-state index is 0.0387. The van der Waals surface area contributed by atoms with Gasteiger partial charge in [-0.1, -0.05) is 11.6 Å². The maximum absolute atomic E-state index is 13.2. The van der Waals surface area contributed by atoms with E-state index in [1.54, 1.807) is 0 Å². The average molecular weight is 477 g/mol. The number of ether oxygens (including phenoxy) is 1. The number of hydrogen-bond donors (Lipinski definition) is 1. The van der Waals surface area contributed by atoms with Gasteiger partial charge >= 0.3 is 0 Å². The molecule has 0 aliphatic heterocycles. The van der Waals surface area contributed by atoms with Crippen LogP contribution in [0, 0.1) is 0 Å². The molecule has 1 aromatic heterocycles. The van der Waals surface area contributed by atoms with E-state index < -0.39 is 51.6 Å². The van der Waals surface area contributed by atoms with Crippen molar-refractivity contribution in [1.82, 2.24) is 9.78 Å². The molecular weight excluding hydrogens is 456 g/mol. The molecule has 1 aliphatic carbocycles. The molecule has 30 heavy (non-hydrogen) atoms. The summed E-state index contributed by atoms with van der Waals surface area (Å²) in [5, 5.41) is 2.34. The highest BCUT2D eigenvalue weighted by Crippen LogP contribution is 2.41. The van der Waals surface area contributed by atoms with Crippen molar-refractivity contribution in [3.8, 4) is 0 Å². The van der Waals surface area contributed by atoms with Gasteiger partial charge in [-0.3, -0.25) is 19.4 Å². The Kier molecular flexibility index (Phi) is 6.02. The van der Waals surface area contributed by atoms with E-state index in [4.69, 9.17) is 16.3 Å². The number of halogens is 1. The third kappa shape index (κ3) is 4.11. The molecule has 0 atom stereocenters. The zero-order chi connectivity index (χ0) is 22.4. The molecule has 3 rings (SSSR count). The monoisotopic (exact) mass is 476 g/mol. The van der Waals surface area contributed by atoms with Gasteiger partial charge in [-0.05, 0) is 25.0 Å². The third-order valence-corrected chi connectivity index (χ3v) is 8.38. The number of benzene rings is 1. The van der Waals surface area contributed by atoms with Gasteiger partial charge in [0.25, 0.3) is 5.56 Å². The van der Waals surface area contributed by atoms with Crippen LogP contribution in [0.15, 0.2) is 26.7 Å². The zero-order valence-corrected chi connectivity index (χ0v) is 18.9. The standard InChI is InChI=1S/C18H21ClN2O7S2/c1-21-18(23)13(15(20-21)10-4-5-10)16(22)11-6-7-12(29(3,24)25)17(14(11)19)30(26,27)9-8-28-2/h6-7,10,20H,4-5,8-9H2,1-3H3. The van der Waals surface area contributed by atoms with Gasteiger partial charge in [0, 0.05) is 31.9 Å². The average Bonchev–Trinajstić information content (AvgIpc) is 3.45. The first kappa shape index (κ1) is 22.7. The molecule has 164 valence electrons. The van der Waals surface area contributed by atoms with Gasteiger partial charge in [0.15, 0.2) is 19.7 Å². The van der Waals surface area contributed by atoms with Crippen LogP contribution < -0.4 is 5.56 Å². The smallest absolute Gasteiger partial charge is 0.277 e. The largest absolute Gasteiger partial charge is 0.384 e. The number of aryl methyl sites for hydroxylation is 1. The number of nitrogens with zero attached hydrogens (tertiary/aromatic N) is 1. The number of carbonyl (C=O) groups excluding carboxylic acids is 1. The molecule has 1 saturated carbocycles. The van der Waals surface area contributed by atoms with E-state index in [9.17, 15) is 26.4 Å². The highest BCUT2D eigenvalue weighted by Gasteiger charge is 2.35. The molecule has 1 heterocycles. The SMILES string of the molecule is COCCS(=O)(=O)c1c(S(C)(=O)=O)ccc(C(=O)c2c(C3CC3)[nH]n(C)c2=O)c1Cl. The number of rotatable bonds is 8. The summed E-state index contributed by atoms with van der Waals surface area (Å²) in [5.74, 6) is -1.24. The quantitative estimate of drug-likeness (QED) is 0.567. The molecule has 12 heteroatoms. The van der Waals surface area contributed by atoms with Crippen molar-refractivity contribution in [3.05, 3.63) is 44.3 Å². The van der Waals surface area contributed by atoms with Crippen LogP contribution in [0.25, 0.3) is 0 Å². The number of methoxy groups -OCH3 is 1. The van der Waals surface area contributed by atoms with Crippen molar-refractivity contribution in [3.63, 3.8) is 0 Å². The highest BCUT2D eigenvalue weighted by atomic mass is 35.5. The van der Waals surface area contributed by atoms with Crippen LogP contribution in [0.1, 0.15) is 40.4 Å². The lowest BCUT2D eigenvalue weighted by molar-refractivity contribution is 0.103. The molecule has 1 aromatic carbocycles. The molecule has 1 N–H and O–H groups in total. The van der Waals surface area contributed by atoms with Gasteiger partial charge in [-0.15, -0.1) is 0 Å². The number of sulfone groups is 2. The van der Waals surface area contributed by atoms with Crippen LogP contribution in [-0.2, 0) is 31.5 Å². The Morgan fingerprint density at radius 1 is 1.27 bits per heavy atom. The fourth-order valence-corrected chi connectivity index (χ4v) is 6.78. The summed E-state index contributed by atoms with van der Waals surface area (Å²) in [6.07, 6.45) is 2.48. The normalized spacial score (nSPS) is 14.8. The van der Waals surface area contributed by atoms with Gasteiger partial charge in [-0.2, -0.15) is 0 Å². The number of carbonyl (C=O) groups is 1. The lowest BCUT2D eigenvalue weighted by atomic mass is 10.0. The molecule has 0 amide bonds. The van der Waals surface area contributed by atoms with Crippen molar-refractivity contribution in [2.24, 2.45) is 7.05 Å². The van der Waals surface area contributed by atoms with Crippen molar-refractivity contribution < 1.29 is 26.4 Å². The van der Waals surface area contributed by atoms with E-state index >= 15 is 0 Å². The molecule has 9 nitrogen and oxygen atoms in total. The van der Waals surface area contributed by atoms with Gasteiger partial charge in [-0.25, -0.2) is 16.8 Å². The number of ketones is 1. The molecule has 2 aromatic rings. The number of hydrogen-bond acceptors (Lipinski definition) is 7. The van der Waals surface area contributed by atoms with Gasteiger partial charge in [0.05, 0.1) is 28.0 Å². The number of aromatic nitrogens is 2. The van der Waals surface area contributed by atoms with E-state index in [0.29, 0.717) is 5.69 Å². The Balaban J connectivity index is 2.25. The number of H-pyrrole nitrogens is 1. The van der Waals surface area contributed by atoms with Crippen LogP contribution >= 0.6 is 11.6 Å². The van der Waals surface area contributed by atoms with Crippen molar-refractivity contribution >= 4 is 37.1 Å². The fourth-order valence-electron chi connectivity index (χ4n) is 3.18. The van der Waals surface area contributed by atoms with E-state index in [2.05, 4.69) is 5.10 Å². The summed E-state index contributed by atoms with van der Waals surface area (Å²) in [7, 11) is -5.40. The third-order valence-electron chi connectivity index (χ3n) is 4.86. The van der Waals surface area contributed by atoms with Crippen LogP contribution in [-0.4, -0.2) is 58.1 Å². The summed E-state index contributed by atoms with van der Waals surface area (Å²) in [6, 6.07) is 2.17. The van der Waals surface area contributed by atoms with E-state index in [0.717, 1.165) is 31.2 Å². The molecule has 0 radical (unpaired) electrons. The molecular formula is C18H21ClN2O7S2. The molecule has 0 unspecified atom stereocenters. The summed E-state index contributed by atoms with van der Waals surface area (Å²) in [6.45, 7) is -0.190. The Bertz CT molecular complexity index is 1290. The van der Waals surface area contributed by atoms with E-state index in [-0.39, 0.29) is 23.7 Å². The van der Waals surface area contributed by atoms with Gasteiger partial charge in [0.1, 0.15) is 10.5 Å². The molecule has 0 spiro atoms. The summed E-state index contributed by atoms with van der Waals surface area (Å²) < 4.78 is 56.0. The molecule has 0 bridgehead atoms. The summed E-state index contributed by atoms with van der Waals surface area (Å²) in [5.41, 5.74) is -0.457. The first-order chi connectivity index (χ1) is 13.9. The zero-order valence-electron chi connectivity index (χ0n) is 16.6. The van der Waals surface area contributed by atoms with Crippen molar-refractivity contribution in [1.29, 1.82) is 0 Å². The second kappa shape index (κ2) is 7.95. The molecule has 0 saturated heterocycles. The summed E-state index contributed by atoms with van der Waals surface area (Å²) >= 11 is 6.31. The number of nitrogens with one attached hydrogen (secondary N) is 1. The predicted octanol–water partition coefficient (Wildman–Crippen LogP) is 1.30. The predicted molar refractivity (Wildman–Crippen MR) is 110 cm³/mol. The van der Waals surface area contributed by atoms with Crippen molar-refractivity contribution in [2.75, 3.05) is 25.7 Å². The second-order valence-electron chi connectivity index (χ2n) is 7.21. The van der Waals surface area contributed by atoms with Gasteiger partial charge in [0.2, 0.25) is 5.78 Å². The van der Waals surface area contributed by atoms with Crippen molar-refractivity contribution in [2.45, 2.75) is 28.6 Å². The first-order valence-electron chi connectivity index (χ1n) is 8.98. The minimum atomic E-state index is -4.20. The first-order valence-corrected chi connectivity index (χ1v) is 12.9. The highest BCUT2D eigenvalue weighted by molar-refractivity contribution is 7.94. The lowest BCUT2D eigenvalue weighted by Crippen LogP contribution is -2.21. The maximum atomic E-state index is 13.2. The Morgan fingerprint density at radius 3 is 2.43 bits per heavy atom. The Hall–Kier alpha value is -1.95. The van der Waals surface area contributed by atoms with Crippen LogP contribution in [0.5, 0.6) is 0 Å². The van der Waals surface area contributed by atoms with Crippen LogP contribution in [0.2, 0.25) is 5.02 Å². The minimum Gasteiger partial charge on any atom is -0.384 e. The van der Waals surface area contributed by atoms with Crippen LogP contribution in [0.3, 0.4) is 0 Å².